The minimum Gasteiger partial charge on any atom is -0.362 e. The predicted octanol–water partition coefficient (Wildman–Crippen LogP) is 3.00. The zero-order valence-corrected chi connectivity index (χ0v) is 12.5. The van der Waals surface area contributed by atoms with Crippen molar-refractivity contribution in [2.24, 2.45) is 5.73 Å². The fraction of sp³-hybridized carbons (Fsp3) is 0. The third-order valence-corrected chi connectivity index (χ3v) is 5.13. The van der Waals surface area contributed by atoms with E-state index in [9.17, 15) is 14.9 Å². The summed E-state index contributed by atoms with van der Waals surface area (Å²) in [5, 5.41) is 11.3. The fourth-order valence-electron chi connectivity index (χ4n) is 1.18. The molecule has 0 unspecified atom stereocenters. The van der Waals surface area contributed by atoms with Crippen LogP contribution >= 0.6 is 46.3 Å². The summed E-state index contributed by atoms with van der Waals surface area (Å²) in [7, 11) is 0. The van der Waals surface area contributed by atoms with Crippen LogP contribution in [0.2, 0.25) is 10.0 Å². The van der Waals surface area contributed by atoms with Gasteiger partial charge in [0.15, 0.2) is 4.21 Å². The molecule has 104 valence electrons. The largest absolute Gasteiger partial charge is 0.389 e. The SMILES string of the molecule is NC(=O)c1nc([N+](=O)[O-])c(Sc2c(Cl)cncc2Cl)s1. The van der Waals surface area contributed by atoms with Crippen molar-refractivity contribution in [3.8, 4) is 0 Å². The molecule has 0 saturated heterocycles. The van der Waals surface area contributed by atoms with E-state index in [-0.39, 0.29) is 19.3 Å². The molecule has 2 N–H and O–H groups in total. The molecule has 0 spiro atoms. The smallest absolute Gasteiger partial charge is 0.362 e. The second-order valence-electron chi connectivity index (χ2n) is 3.29. The summed E-state index contributed by atoms with van der Waals surface area (Å²) in [4.78, 5) is 29.0. The molecule has 1 amide bonds. The molecular formula is C9H4Cl2N4O3S2. The van der Waals surface area contributed by atoms with Crippen LogP contribution in [-0.2, 0) is 0 Å². The maximum absolute atomic E-state index is 11.1. The Labute approximate surface area is 130 Å². The third-order valence-electron chi connectivity index (χ3n) is 1.97. The lowest BCUT2D eigenvalue weighted by Crippen LogP contribution is -2.10. The Morgan fingerprint density at radius 1 is 1.40 bits per heavy atom. The van der Waals surface area contributed by atoms with Crippen molar-refractivity contribution < 1.29 is 9.72 Å². The molecular weight excluding hydrogens is 347 g/mol. The summed E-state index contributed by atoms with van der Waals surface area (Å²) < 4.78 is 0.166. The van der Waals surface area contributed by atoms with E-state index in [1.165, 1.54) is 12.4 Å². The van der Waals surface area contributed by atoms with E-state index in [0.29, 0.717) is 4.90 Å². The van der Waals surface area contributed by atoms with Gasteiger partial charge in [-0.15, -0.1) is 0 Å². The molecule has 0 aliphatic rings. The number of nitrogens with two attached hydrogens (primary N) is 1. The van der Waals surface area contributed by atoms with Gasteiger partial charge in [0.1, 0.15) is 0 Å². The highest BCUT2D eigenvalue weighted by molar-refractivity contribution is 8.01. The van der Waals surface area contributed by atoms with Crippen molar-refractivity contribution in [1.82, 2.24) is 9.97 Å². The van der Waals surface area contributed by atoms with E-state index < -0.39 is 16.6 Å². The maximum atomic E-state index is 11.1. The van der Waals surface area contributed by atoms with Gasteiger partial charge in [-0.1, -0.05) is 46.3 Å². The molecule has 0 fully saturated rings. The monoisotopic (exact) mass is 350 g/mol. The van der Waals surface area contributed by atoms with Crippen LogP contribution in [0, 0.1) is 10.1 Å². The average molecular weight is 351 g/mol. The summed E-state index contributed by atoms with van der Waals surface area (Å²) in [5.41, 5.74) is 5.06. The molecule has 0 saturated carbocycles. The quantitative estimate of drug-likeness (QED) is 0.669. The van der Waals surface area contributed by atoms with Gasteiger partial charge in [-0.3, -0.25) is 9.78 Å². The Hall–Kier alpha value is -1.42. The fourth-order valence-corrected chi connectivity index (χ4v) is 3.74. The van der Waals surface area contributed by atoms with Crippen molar-refractivity contribution >= 4 is 58.0 Å². The first-order chi connectivity index (χ1) is 9.40. The molecule has 0 bridgehead atoms. The van der Waals surface area contributed by atoms with Gasteiger partial charge in [0.25, 0.3) is 5.01 Å². The Bertz CT molecular complexity index is 686. The highest BCUT2D eigenvalue weighted by atomic mass is 35.5. The Balaban J connectivity index is 2.47. The van der Waals surface area contributed by atoms with Crippen LogP contribution in [0.3, 0.4) is 0 Å². The molecule has 2 aromatic heterocycles. The number of amides is 1. The van der Waals surface area contributed by atoms with Gasteiger partial charge in [0, 0.05) is 12.4 Å². The lowest BCUT2D eigenvalue weighted by atomic mass is 10.5. The van der Waals surface area contributed by atoms with Crippen LogP contribution in [0.4, 0.5) is 5.82 Å². The number of primary amides is 1. The molecule has 2 aromatic rings. The normalized spacial score (nSPS) is 10.5. The van der Waals surface area contributed by atoms with Crippen LogP contribution in [0.25, 0.3) is 0 Å². The highest BCUT2D eigenvalue weighted by Crippen LogP contribution is 2.44. The molecule has 0 atom stereocenters. The van der Waals surface area contributed by atoms with Gasteiger partial charge >= 0.3 is 11.7 Å². The second-order valence-corrected chi connectivity index (χ2v) is 6.38. The number of nitro groups is 1. The number of aromatic nitrogens is 2. The first kappa shape index (κ1) is 15.0. The predicted molar refractivity (Wildman–Crippen MR) is 75.7 cm³/mol. The van der Waals surface area contributed by atoms with Crippen LogP contribution in [0.15, 0.2) is 21.5 Å². The highest BCUT2D eigenvalue weighted by Gasteiger charge is 2.27. The Morgan fingerprint density at radius 2 is 2.00 bits per heavy atom. The van der Waals surface area contributed by atoms with Gasteiger partial charge in [-0.2, -0.15) is 0 Å². The number of hydrogen-bond acceptors (Lipinski definition) is 7. The van der Waals surface area contributed by atoms with Crippen molar-refractivity contribution in [1.29, 1.82) is 0 Å². The lowest BCUT2D eigenvalue weighted by Gasteiger charge is -2.03. The molecule has 20 heavy (non-hydrogen) atoms. The number of halogens is 2. The van der Waals surface area contributed by atoms with Gasteiger partial charge in [-0.05, 0) is 9.91 Å². The second kappa shape index (κ2) is 5.92. The minimum absolute atomic E-state index is 0.152. The summed E-state index contributed by atoms with van der Waals surface area (Å²) in [6, 6.07) is 0. The number of carbonyl (C=O) groups excluding carboxylic acids is 1. The lowest BCUT2D eigenvalue weighted by molar-refractivity contribution is -0.391. The number of hydrogen-bond donors (Lipinski definition) is 1. The molecule has 7 nitrogen and oxygen atoms in total. The van der Waals surface area contributed by atoms with Gasteiger partial charge in [-0.25, -0.2) is 0 Å². The first-order valence-electron chi connectivity index (χ1n) is 4.82. The minimum atomic E-state index is -0.836. The van der Waals surface area contributed by atoms with Gasteiger partial charge in [0.05, 0.1) is 14.9 Å². The molecule has 0 aliphatic carbocycles. The molecule has 2 rings (SSSR count). The van der Waals surface area contributed by atoms with Crippen LogP contribution < -0.4 is 5.73 Å². The van der Waals surface area contributed by atoms with Crippen molar-refractivity contribution in [3.63, 3.8) is 0 Å². The Morgan fingerprint density at radius 3 is 2.50 bits per heavy atom. The van der Waals surface area contributed by atoms with Gasteiger partial charge < -0.3 is 15.8 Å². The summed E-state index contributed by atoms with van der Waals surface area (Å²) in [5.74, 6) is -1.30. The number of carbonyl (C=O) groups is 1. The zero-order valence-electron chi connectivity index (χ0n) is 9.37. The number of rotatable bonds is 4. The Kier molecular flexibility index (Phi) is 4.43. The van der Waals surface area contributed by atoms with Gasteiger partial charge in [0.2, 0.25) is 0 Å². The van der Waals surface area contributed by atoms with Crippen LogP contribution in [-0.4, -0.2) is 20.8 Å². The molecule has 0 aromatic carbocycles. The van der Waals surface area contributed by atoms with E-state index in [2.05, 4.69) is 9.97 Å². The summed E-state index contributed by atoms with van der Waals surface area (Å²) in [6.45, 7) is 0. The molecule has 0 radical (unpaired) electrons. The van der Waals surface area contributed by atoms with E-state index >= 15 is 0 Å². The number of thiazole rings is 1. The zero-order chi connectivity index (χ0) is 14.9. The number of nitrogens with zero attached hydrogens (tertiary/aromatic N) is 3. The van der Waals surface area contributed by atoms with Crippen molar-refractivity contribution in [3.05, 3.63) is 37.6 Å². The summed E-state index contributed by atoms with van der Waals surface area (Å²) in [6.07, 6.45) is 2.72. The van der Waals surface area contributed by atoms with Crippen LogP contribution in [0.5, 0.6) is 0 Å². The molecule has 2 heterocycles. The molecule has 0 aliphatic heterocycles. The third kappa shape index (κ3) is 3.01. The van der Waals surface area contributed by atoms with E-state index in [1.807, 2.05) is 0 Å². The number of pyridine rings is 1. The molecule has 11 heteroatoms. The standard InChI is InChI=1S/C9H4Cl2N4O3S2/c10-3-1-13-2-4(11)5(3)19-9-7(15(17)18)14-8(20-9)6(12)16/h1-2H,(H2,12,16). The van der Waals surface area contributed by atoms with Crippen LogP contribution in [0.1, 0.15) is 9.80 Å². The summed E-state index contributed by atoms with van der Waals surface area (Å²) >= 11 is 13.6. The maximum Gasteiger partial charge on any atom is 0.389 e. The van der Waals surface area contributed by atoms with E-state index in [0.717, 1.165) is 23.1 Å². The van der Waals surface area contributed by atoms with Crippen molar-refractivity contribution in [2.45, 2.75) is 9.10 Å². The van der Waals surface area contributed by atoms with Crippen molar-refractivity contribution in [2.75, 3.05) is 0 Å². The van der Waals surface area contributed by atoms with E-state index in [4.69, 9.17) is 28.9 Å². The average Bonchev–Trinajstić information content (AvgIpc) is 2.78. The topological polar surface area (TPSA) is 112 Å². The first-order valence-corrected chi connectivity index (χ1v) is 7.21. The van der Waals surface area contributed by atoms with E-state index in [1.54, 1.807) is 0 Å².